The molecule has 0 aliphatic rings. The fourth-order valence-electron chi connectivity index (χ4n) is 1.84. The molecule has 0 radical (unpaired) electrons. The van der Waals surface area contributed by atoms with Crippen LogP contribution in [0.3, 0.4) is 0 Å². The van der Waals surface area contributed by atoms with E-state index in [0.717, 1.165) is 7.11 Å². The number of esters is 1. The van der Waals surface area contributed by atoms with Gasteiger partial charge in [0, 0.05) is 12.6 Å². The summed E-state index contributed by atoms with van der Waals surface area (Å²) in [5, 5.41) is 8.48. The molecule has 1 aromatic heterocycles. The first-order valence-corrected chi connectivity index (χ1v) is 8.05. The van der Waals surface area contributed by atoms with Gasteiger partial charge in [-0.3, -0.25) is 14.6 Å². The number of rotatable bonds is 5. The smallest absolute Gasteiger partial charge is 0.345 e. The van der Waals surface area contributed by atoms with Crippen LogP contribution >= 0.6 is 0 Å². The van der Waals surface area contributed by atoms with Gasteiger partial charge in [0.15, 0.2) is 5.82 Å². The summed E-state index contributed by atoms with van der Waals surface area (Å²) in [6.07, 6.45) is 0. The highest BCUT2D eigenvalue weighted by molar-refractivity contribution is 7.92. The minimum atomic E-state index is -4.02. The first-order chi connectivity index (χ1) is 11.2. The zero-order valence-corrected chi connectivity index (χ0v) is 13.6. The van der Waals surface area contributed by atoms with Crippen LogP contribution in [0, 0.1) is 0 Å². The third-order valence-corrected chi connectivity index (χ3v) is 4.25. The molecule has 24 heavy (non-hydrogen) atoms. The van der Waals surface area contributed by atoms with Gasteiger partial charge in [-0.1, -0.05) is 0 Å². The molecule has 1 amide bonds. The number of sulfonamides is 1. The van der Waals surface area contributed by atoms with E-state index < -0.39 is 16.0 Å². The van der Waals surface area contributed by atoms with Crippen molar-refractivity contribution >= 4 is 39.2 Å². The van der Waals surface area contributed by atoms with Crippen molar-refractivity contribution in [1.29, 1.82) is 0 Å². The summed E-state index contributed by atoms with van der Waals surface area (Å²) in [5.74, 6) is -1.51. The number of aromatic amines is 1. The first-order valence-electron chi connectivity index (χ1n) is 6.57. The van der Waals surface area contributed by atoms with Gasteiger partial charge in [-0.2, -0.15) is 5.10 Å². The van der Waals surface area contributed by atoms with Gasteiger partial charge in [0.2, 0.25) is 5.91 Å². The Balaban J connectivity index is 2.29. The van der Waals surface area contributed by atoms with Crippen LogP contribution in [0.5, 0.6) is 0 Å². The molecule has 1 aromatic carbocycles. The van der Waals surface area contributed by atoms with E-state index in [1.165, 1.54) is 31.2 Å². The molecule has 11 heteroatoms. The van der Waals surface area contributed by atoms with Crippen LogP contribution in [-0.2, 0) is 19.6 Å². The summed E-state index contributed by atoms with van der Waals surface area (Å²) < 4.78 is 31.4. The predicted octanol–water partition coefficient (Wildman–Crippen LogP) is 0.538. The molecule has 0 atom stereocenters. The van der Waals surface area contributed by atoms with Crippen molar-refractivity contribution < 1.29 is 22.7 Å². The van der Waals surface area contributed by atoms with E-state index in [2.05, 4.69) is 25.0 Å². The molecule has 5 N–H and O–H groups in total. The molecule has 0 fully saturated rings. The molecular weight excluding hydrogens is 338 g/mol. The van der Waals surface area contributed by atoms with Crippen LogP contribution < -0.4 is 15.8 Å². The van der Waals surface area contributed by atoms with Crippen molar-refractivity contribution in [2.45, 2.75) is 11.8 Å². The first kappa shape index (κ1) is 17.3. The van der Waals surface area contributed by atoms with Crippen LogP contribution in [0.4, 0.5) is 17.3 Å². The van der Waals surface area contributed by atoms with E-state index in [1.54, 1.807) is 0 Å². The number of methoxy groups -OCH3 is 1. The Morgan fingerprint density at radius 2 is 1.88 bits per heavy atom. The molecule has 128 valence electrons. The number of benzene rings is 1. The molecule has 0 aliphatic carbocycles. The SMILES string of the molecule is COC(=O)c1c(NS(=O)(=O)c2ccc(NC(C)=O)cc2)n[nH]c1N. The lowest BCUT2D eigenvalue weighted by Gasteiger charge is -2.08. The molecular formula is C13H15N5O5S. The van der Waals surface area contributed by atoms with Crippen molar-refractivity contribution in [2.24, 2.45) is 0 Å². The molecule has 0 saturated carbocycles. The average molecular weight is 353 g/mol. The van der Waals surface area contributed by atoms with Gasteiger partial charge in [0.25, 0.3) is 10.0 Å². The Labute approximate surface area is 137 Å². The normalized spacial score (nSPS) is 10.9. The topological polar surface area (TPSA) is 156 Å². The Morgan fingerprint density at radius 3 is 2.42 bits per heavy atom. The maximum absolute atomic E-state index is 12.4. The summed E-state index contributed by atoms with van der Waals surface area (Å²) in [6, 6.07) is 5.44. The minimum absolute atomic E-state index is 0.0889. The van der Waals surface area contributed by atoms with Gasteiger partial charge in [0.05, 0.1) is 12.0 Å². The summed E-state index contributed by atoms with van der Waals surface area (Å²) in [5.41, 5.74) is 5.78. The molecule has 2 rings (SSSR count). The molecule has 10 nitrogen and oxygen atoms in total. The van der Waals surface area contributed by atoms with Gasteiger partial charge >= 0.3 is 5.97 Å². The number of hydrogen-bond donors (Lipinski definition) is 4. The van der Waals surface area contributed by atoms with Crippen molar-refractivity contribution in [1.82, 2.24) is 10.2 Å². The van der Waals surface area contributed by atoms with Crippen molar-refractivity contribution in [3.8, 4) is 0 Å². The Bertz CT molecular complexity index is 873. The highest BCUT2D eigenvalue weighted by Crippen LogP contribution is 2.23. The summed E-state index contributed by atoms with van der Waals surface area (Å²) >= 11 is 0. The second-order valence-corrected chi connectivity index (χ2v) is 6.35. The number of carbonyl (C=O) groups is 2. The van der Waals surface area contributed by atoms with Gasteiger partial charge in [0.1, 0.15) is 11.4 Å². The van der Waals surface area contributed by atoms with E-state index in [9.17, 15) is 18.0 Å². The zero-order chi connectivity index (χ0) is 17.9. The van der Waals surface area contributed by atoms with Crippen molar-refractivity contribution in [2.75, 3.05) is 22.9 Å². The lowest BCUT2D eigenvalue weighted by Crippen LogP contribution is -2.16. The van der Waals surface area contributed by atoms with E-state index in [4.69, 9.17) is 5.73 Å². The number of aromatic nitrogens is 2. The van der Waals surface area contributed by atoms with Crippen molar-refractivity contribution in [3.63, 3.8) is 0 Å². The summed E-state index contributed by atoms with van der Waals surface area (Å²) in [7, 11) is -2.89. The van der Waals surface area contributed by atoms with E-state index >= 15 is 0 Å². The standard InChI is InChI=1S/C13H15N5O5S/c1-7(19)15-8-3-5-9(6-4-8)24(21,22)18-12-10(13(20)23-2)11(14)16-17-12/h3-6H,1-2H3,(H,15,19)(H4,14,16,17,18). The number of anilines is 3. The zero-order valence-electron chi connectivity index (χ0n) is 12.8. The third-order valence-electron chi connectivity index (χ3n) is 2.90. The van der Waals surface area contributed by atoms with Crippen molar-refractivity contribution in [3.05, 3.63) is 29.8 Å². The number of amides is 1. The van der Waals surface area contributed by atoms with Crippen LogP contribution in [0.25, 0.3) is 0 Å². The largest absolute Gasteiger partial charge is 0.465 e. The van der Waals surface area contributed by atoms with Crippen LogP contribution in [0.2, 0.25) is 0 Å². The van der Waals surface area contributed by atoms with Crippen LogP contribution in [0.1, 0.15) is 17.3 Å². The molecule has 0 saturated heterocycles. The maximum atomic E-state index is 12.4. The Morgan fingerprint density at radius 1 is 1.25 bits per heavy atom. The van der Waals surface area contributed by atoms with Gasteiger partial charge < -0.3 is 15.8 Å². The fourth-order valence-corrected chi connectivity index (χ4v) is 2.86. The fraction of sp³-hybridized carbons (Fsp3) is 0.154. The summed E-state index contributed by atoms with van der Waals surface area (Å²) in [6.45, 7) is 1.34. The highest BCUT2D eigenvalue weighted by Gasteiger charge is 2.24. The predicted molar refractivity (Wildman–Crippen MR) is 85.9 cm³/mol. The average Bonchev–Trinajstić information content (AvgIpc) is 2.86. The van der Waals surface area contributed by atoms with Crippen LogP contribution in [0.15, 0.2) is 29.2 Å². The second-order valence-electron chi connectivity index (χ2n) is 4.66. The lowest BCUT2D eigenvalue weighted by atomic mass is 10.3. The second kappa shape index (κ2) is 6.58. The monoisotopic (exact) mass is 353 g/mol. The number of hydrogen-bond acceptors (Lipinski definition) is 7. The number of nitrogens with two attached hydrogens (primary N) is 1. The molecule has 1 heterocycles. The van der Waals surface area contributed by atoms with Gasteiger partial charge in [-0.25, -0.2) is 13.2 Å². The maximum Gasteiger partial charge on any atom is 0.345 e. The third kappa shape index (κ3) is 3.63. The number of ether oxygens (including phenoxy) is 1. The summed E-state index contributed by atoms with van der Waals surface area (Å²) in [4.78, 5) is 22.5. The number of nitrogens with one attached hydrogen (secondary N) is 3. The number of nitrogens with zero attached hydrogens (tertiary/aromatic N) is 1. The molecule has 0 spiro atoms. The number of carbonyl (C=O) groups excluding carboxylic acids is 2. The molecule has 2 aromatic rings. The quantitative estimate of drug-likeness (QED) is 0.571. The molecule has 0 unspecified atom stereocenters. The van der Waals surface area contributed by atoms with Gasteiger partial charge in [-0.05, 0) is 24.3 Å². The van der Waals surface area contributed by atoms with Crippen LogP contribution in [-0.4, -0.2) is 37.6 Å². The highest BCUT2D eigenvalue weighted by atomic mass is 32.2. The molecule has 0 aliphatic heterocycles. The minimum Gasteiger partial charge on any atom is -0.465 e. The van der Waals surface area contributed by atoms with E-state index in [0.29, 0.717) is 5.69 Å². The van der Waals surface area contributed by atoms with Gasteiger partial charge in [-0.15, -0.1) is 0 Å². The Hall–Kier alpha value is -3.08. The Kier molecular flexibility index (Phi) is 4.74. The molecule has 0 bridgehead atoms. The number of nitrogen functional groups attached to an aromatic ring is 1. The van der Waals surface area contributed by atoms with E-state index in [1.807, 2.05) is 0 Å². The lowest BCUT2D eigenvalue weighted by molar-refractivity contribution is -0.114. The number of H-pyrrole nitrogens is 1. The van der Waals surface area contributed by atoms with E-state index in [-0.39, 0.29) is 28.0 Å².